The first-order chi connectivity index (χ1) is 63.7. The highest BCUT2D eigenvalue weighted by Gasteiger charge is 2.46. The van der Waals surface area contributed by atoms with Crippen LogP contribution in [0.2, 0.25) is 0 Å². The van der Waals surface area contributed by atoms with Gasteiger partial charge in [0.15, 0.2) is 0 Å². The summed E-state index contributed by atoms with van der Waals surface area (Å²) in [5.74, 6) is 0. The second-order valence-corrected chi connectivity index (χ2v) is 36.9. The summed E-state index contributed by atoms with van der Waals surface area (Å²) in [5, 5.41) is 16.1. The summed E-state index contributed by atoms with van der Waals surface area (Å²) >= 11 is 0. The quantitative estimate of drug-likeness (QED) is 0.135. The minimum absolute atomic E-state index is 0.00639. The summed E-state index contributed by atoms with van der Waals surface area (Å²) in [6.45, 7) is 32.3. The molecule has 2 aliphatic heterocycles. The minimum atomic E-state index is -0.801. The first kappa shape index (κ1) is 57.0. The Hall–Kier alpha value is -13.1. The van der Waals surface area contributed by atoms with Gasteiger partial charge in [-0.25, -0.2) is 0 Å². The molecule has 6 nitrogen and oxygen atoms in total. The van der Waals surface area contributed by atoms with Gasteiger partial charge in [0, 0.05) is 77.6 Å². The molecule has 574 valence electrons. The molecule has 0 spiro atoms. The second-order valence-electron chi connectivity index (χ2n) is 36.9. The van der Waals surface area contributed by atoms with Gasteiger partial charge in [-0.05, 0) is 226 Å². The molecule has 3 aromatic heterocycles. The number of nitrogens with zero attached hydrogens (tertiary/aromatic N) is 6. The molecule has 5 heterocycles. The van der Waals surface area contributed by atoms with Gasteiger partial charge in [0.25, 0.3) is 6.71 Å². The van der Waals surface area contributed by atoms with E-state index in [-0.39, 0.29) is 78.1 Å². The molecule has 0 saturated heterocycles. The van der Waals surface area contributed by atoms with Crippen LogP contribution in [0.15, 0.2) is 315 Å². The van der Waals surface area contributed by atoms with Crippen molar-refractivity contribution in [2.75, 3.05) is 9.80 Å². The average molecular weight is 1540 g/mol. The molecule has 0 unspecified atom stereocenters. The van der Waals surface area contributed by atoms with Gasteiger partial charge in [-0.3, -0.25) is 0 Å². The smallest absolute Gasteiger partial charge is 0.252 e. The van der Waals surface area contributed by atoms with Crippen LogP contribution < -0.4 is 26.2 Å². The predicted molar refractivity (Wildman–Crippen MR) is 503 cm³/mol. The topological polar surface area (TPSA) is 45.1 Å². The fourth-order valence-corrected chi connectivity index (χ4v) is 18.1. The molecule has 0 amide bonds. The highest BCUT2D eigenvalue weighted by Crippen LogP contribution is 2.55. The van der Waals surface area contributed by atoms with Crippen LogP contribution in [-0.2, 0) is 27.1 Å². The molecule has 0 radical (unpaired) electrons. The Labute approximate surface area is 718 Å². The van der Waals surface area contributed by atoms with Crippen LogP contribution in [0.4, 0.5) is 34.1 Å². The van der Waals surface area contributed by atoms with Gasteiger partial charge in [-0.1, -0.05) is 298 Å². The lowest BCUT2D eigenvalue weighted by Gasteiger charge is -2.45. The molecule has 0 N–H and O–H groups in total. The fourth-order valence-electron chi connectivity index (χ4n) is 18.1. The maximum absolute atomic E-state index is 12.6. The molecule has 0 bridgehead atoms. The third-order valence-electron chi connectivity index (χ3n) is 24.3. The van der Waals surface area contributed by atoms with Crippen LogP contribution in [0.25, 0.3) is 127 Å². The summed E-state index contributed by atoms with van der Waals surface area (Å²) in [7, 11) is 0. The maximum Gasteiger partial charge on any atom is 0.252 e. The Kier molecular flexibility index (Phi) is 13.0. The molecule has 0 saturated carbocycles. The number of fused-ring (bicyclic) bond motifs is 13. The minimum Gasteiger partial charge on any atom is -0.310 e. The lowest BCUT2D eigenvalue weighted by atomic mass is 9.33. The zero-order valence-corrected chi connectivity index (χ0v) is 69.0. The Bertz CT molecular complexity index is 8050. The third kappa shape index (κ3) is 11.9. The van der Waals surface area contributed by atoms with Crippen molar-refractivity contribution >= 4 is 123 Å². The first-order valence-electron chi connectivity index (χ1n) is 49.0. The second kappa shape index (κ2) is 27.0. The van der Waals surface area contributed by atoms with Gasteiger partial charge in [-0.15, -0.1) is 0 Å². The van der Waals surface area contributed by atoms with Crippen molar-refractivity contribution < 1.29 is 23.3 Å². The lowest BCUT2D eigenvalue weighted by Crippen LogP contribution is -2.61. The Morgan fingerprint density at radius 2 is 0.703 bits per heavy atom. The van der Waals surface area contributed by atoms with Gasteiger partial charge in [0.1, 0.15) is 6.07 Å². The normalized spacial score (nSPS) is 15.2. The fraction of sp³-hybridized carbons (Fsp3) is 0.180. The first-order valence-corrected chi connectivity index (χ1v) is 40.5. The molecule has 15 aromatic carbocycles. The maximum atomic E-state index is 12.6. The Morgan fingerprint density at radius 1 is 0.288 bits per heavy atom. The summed E-state index contributed by atoms with van der Waals surface area (Å²) in [5.41, 5.74) is 16.8. The summed E-state index contributed by atoms with van der Waals surface area (Å²) in [6.07, 6.45) is 0. The highest BCUT2D eigenvalue weighted by molar-refractivity contribution is 7.00. The van der Waals surface area contributed by atoms with Crippen molar-refractivity contribution in [3.8, 4) is 67.6 Å². The van der Waals surface area contributed by atoms with Crippen LogP contribution in [0.3, 0.4) is 0 Å². The summed E-state index contributed by atoms with van der Waals surface area (Å²) in [6, 6.07) is 65.3. The zero-order valence-electron chi connectivity index (χ0n) is 86.0. The Balaban J connectivity index is 1.01. The van der Waals surface area contributed by atoms with Crippen molar-refractivity contribution in [1.82, 2.24) is 13.7 Å². The number of benzene rings is 15. The van der Waals surface area contributed by atoms with E-state index in [9.17, 15) is 23.1 Å². The van der Waals surface area contributed by atoms with Crippen molar-refractivity contribution in [2.24, 2.45) is 0 Å². The van der Waals surface area contributed by atoms with Gasteiger partial charge < -0.3 is 23.5 Å². The molecule has 118 heavy (non-hydrogen) atoms. The van der Waals surface area contributed by atoms with E-state index in [4.69, 9.17) is 5.48 Å². The van der Waals surface area contributed by atoms with Crippen LogP contribution >= 0.6 is 0 Å². The van der Waals surface area contributed by atoms with Gasteiger partial charge in [-0.2, -0.15) is 5.26 Å². The SMILES string of the molecule is [2H]c1c([2H])c([2H])c(-c2ccc3c(c2)N(c2c(-c4ccccc4)cc(C(C)(C)C)cc2-c2ccccc2)c2cc(-n4c5ccc(C(C)(C)C)cc5c5cc(C(C)(C)C)ccc54)cc4c2B3c2ccc(-n3c5ccc(C(C)(C)C)cc5c5cc(C(C)(C)C)ccc53)cc2N4c2cc(-n3c4c([2H])c([2H])c([2H])c([2H])c4c4c(-c5c([2H])c([2H])c([2H])c([2H])c5[2H])c([2H])c([2H])c([2H])c43)ccc2C#N)c([2H])c1[2H]. The van der Waals surface area contributed by atoms with Gasteiger partial charge in [0.05, 0.1) is 79.0 Å². The monoisotopic (exact) mass is 1540 g/mol. The largest absolute Gasteiger partial charge is 0.310 e. The predicted octanol–water partition coefficient (Wildman–Crippen LogP) is 28.1. The van der Waals surface area contributed by atoms with Crippen LogP contribution in [0, 0.1) is 11.3 Å². The van der Waals surface area contributed by atoms with E-state index in [0.29, 0.717) is 39.7 Å². The standard InChI is InChI=1S/C111H97BN6/c1-107(2,3)75-45-53-94-87(58-75)88-59-76(108(4,5)6)46-54-95(88)114(94)81-50-52-92-101(65-81)117(99-64-80(49-43-74(99)68-113)115-93-41-29-28-39-84(93)104-83(40-30-42-98(104)115)70-33-22-17-23-34-70)102-66-82(116-96-55-47-77(109(7,8)9)60-89(96)90-61-78(110(10,11)12)48-56-97(90)116)67-103-105(102)112(92)91-51-44-73(69-31-20-16-21-32-69)57-100(91)118(103)106-85(71-35-24-18-25-36-71)62-79(111(13,14)15)63-86(106)72-37-26-19-27-38-72/h16-67H,1-15H3/i16D,17D,20D,21D,22D,23D,28D,29D,30D,31D,32D,33D,34D,39D,40D,41D,42D. The van der Waals surface area contributed by atoms with Crippen molar-refractivity contribution in [3.63, 3.8) is 0 Å². The van der Waals surface area contributed by atoms with Crippen molar-refractivity contribution in [3.05, 3.63) is 348 Å². The molecule has 20 rings (SSSR count). The lowest BCUT2D eigenvalue weighted by molar-refractivity contribution is 0.590. The number of hydrogen-bond donors (Lipinski definition) is 0. The molecule has 0 atom stereocenters. The number of anilines is 6. The molecular weight excluding hydrogens is 1430 g/mol. The van der Waals surface area contributed by atoms with Crippen molar-refractivity contribution in [1.29, 1.82) is 5.26 Å². The number of para-hydroxylation sites is 1. The van der Waals surface area contributed by atoms with E-state index in [1.165, 1.54) is 4.57 Å². The van der Waals surface area contributed by atoms with E-state index in [1.54, 1.807) is 18.2 Å². The highest BCUT2D eigenvalue weighted by atomic mass is 15.2. The van der Waals surface area contributed by atoms with E-state index in [0.717, 1.165) is 116 Å². The molecule has 0 fully saturated rings. The van der Waals surface area contributed by atoms with E-state index >= 15 is 0 Å². The van der Waals surface area contributed by atoms with Crippen LogP contribution in [-0.4, -0.2) is 20.4 Å². The van der Waals surface area contributed by atoms with Crippen LogP contribution in [0.5, 0.6) is 0 Å². The zero-order chi connectivity index (χ0) is 96.2. The number of nitriles is 1. The van der Waals surface area contributed by atoms with Crippen molar-refractivity contribution in [2.45, 2.75) is 131 Å². The van der Waals surface area contributed by atoms with E-state index in [2.05, 4.69) is 268 Å². The van der Waals surface area contributed by atoms with E-state index < -0.39 is 114 Å². The van der Waals surface area contributed by atoms with E-state index in [1.807, 2.05) is 54.6 Å². The average Bonchev–Trinajstić information content (AvgIpc) is 1.35. The third-order valence-corrected chi connectivity index (χ3v) is 24.3. The molecule has 2 aliphatic rings. The van der Waals surface area contributed by atoms with Gasteiger partial charge >= 0.3 is 0 Å². The van der Waals surface area contributed by atoms with Gasteiger partial charge in [0.2, 0.25) is 0 Å². The number of hydrogen-bond acceptors (Lipinski definition) is 3. The molecule has 0 aliphatic carbocycles. The summed E-state index contributed by atoms with van der Waals surface area (Å²) < 4.78 is 168. The number of aromatic nitrogens is 3. The number of rotatable bonds is 9. The summed E-state index contributed by atoms with van der Waals surface area (Å²) in [4.78, 5) is 4.41. The molecular formula is C111H97BN6. The molecule has 18 aromatic rings. The molecule has 7 heteroatoms. The Morgan fingerprint density at radius 3 is 1.20 bits per heavy atom. The van der Waals surface area contributed by atoms with Crippen LogP contribution in [0.1, 0.15) is 161 Å².